The van der Waals surface area contributed by atoms with Crippen molar-refractivity contribution in [2.75, 3.05) is 38.8 Å². The summed E-state index contributed by atoms with van der Waals surface area (Å²) in [6.45, 7) is 9.22. The standard InChI is InChI=1S/C16H36O6P2/c1-5-9-15-23(17,19-7-3)21-13-11-12-14-22-24(18,20-8-4)16-10-6-2/h5-16H2,1-4H3. The Morgan fingerprint density at radius 3 is 1.25 bits per heavy atom. The number of rotatable bonds is 17. The maximum Gasteiger partial charge on any atom is 0.330 e. The van der Waals surface area contributed by atoms with Crippen molar-refractivity contribution in [2.24, 2.45) is 0 Å². The molecule has 0 aliphatic carbocycles. The second-order valence-electron chi connectivity index (χ2n) is 5.59. The van der Waals surface area contributed by atoms with E-state index in [4.69, 9.17) is 18.1 Å². The van der Waals surface area contributed by atoms with Crippen molar-refractivity contribution in [1.29, 1.82) is 0 Å². The second-order valence-corrected chi connectivity index (χ2v) is 9.96. The van der Waals surface area contributed by atoms with E-state index in [2.05, 4.69) is 0 Å². The fourth-order valence-corrected chi connectivity index (χ4v) is 5.71. The molecule has 0 radical (unpaired) electrons. The minimum absolute atomic E-state index is 0.359. The lowest BCUT2D eigenvalue weighted by Crippen LogP contribution is -2.04. The van der Waals surface area contributed by atoms with Gasteiger partial charge in [0.25, 0.3) is 0 Å². The van der Waals surface area contributed by atoms with E-state index in [0.29, 0.717) is 51.6 Å². The molecule has 0 heterocycles. The van der Waals surface area contributed by atoms with Gasteiger partial charge >= 0.3 is 15.2 Å². The normalized spacial score (nSPS) is 16.7. The van der Waals surface area contributed by atoms with Crippen molar-refractivity contribution in [1.82, 2.24) is 0 Å². The maximum absolute atomic E-state index is 12.4. The zero-order valence-corrected chi connectivity index (χ0v) is 17.6. The minimum Gasteiger partial charge on any atom is -0.309 e. The number of hydrogen-bond donors (Lipinski definition) is 0. The van der Waals surface area contributed by atoms with E-state index in [1.807, 2.05) is 27.7 Å². The molecule has 0 aromatic rings. The van der Waals surface area contributed by atoms with Crippen LogP contribution < -0.4 is 0 Å². The van der Waals surface area contributed by atoms with Gasteiger partial charge in [0.15, 0.2) is 0 Å². The molecule has 0 aliphatic heterocycles. The Morgan fingerprint density at radius 1 is 0.583 bits per heavy atom. The highest BCUT2D eigenvalue weighted by Gasteiger charge is 2.24. The van der Waals surface area contributed by atoms with Crippen LogP contribution in [0.1, 0.15) is 66.2 Å². The van der Waals surface area contributed by atoms with Crippen LogP contribution in [0.4, 0.5) is 0 Å². The Balaban J connectivity index is 4.05. The van der Waals surface area contributed by atoms with Crippen molar-refractivity contribution in [3.8, 4) is 0 Å². The third kappa shape index (κ3) is 11.8. The summed E-state index contributed by atoms with van der Waals surface area (Å²) in [7, 11) is -5.93. The lowest BCUT2D eigenvalue weighted by Gasteiger charge is -2.19. The first-order valence-corrected chi connectivity index (χ1v) is 12.7. The topological polar surface area (TPSA) is 71.1 Å². The SMILES string of the molecule is CCCCP(=O)(OCC)OCCCCOP(=O)(CCCC)OCC. The molecule has 6 nitrogen and oxygen atoms in total. The van der Waals surface area contributed by atoms with E-state index in [1.165, 1.54) is 0 Å². The van der Waals surface area contributed by atoms with E-state index in [0.717, 1.165) is 25.7 Å². The molecule has 0 bridgehead atoms. The third-order valence-corrected chi connectivity index (χ3v) is 7.52. The van der Waals surface area contributed by atoms with Crippen LogP contribution in [0.3, 0.4) is 0 Å². The smallest absolute Gasteiger partial charge is 0.309 e. The summed E-state index contributed by atoms with van der Waals surface area (Å²) >= 11 is 0. The Bertz CT molecular complexity index is 353. The highest BCUT2D eigenvalue weighted by molar-refractivity contribution is 7.54. The molecule has 0 saturated carbocycles. The molecular formula is C16H36O6P2. The van der Waals surface area contributed by atoms with Crippen molar-refractivity contribution in [3.05, 3.63) is 0 Å². The zero-order chi connectivity index (χ0) is 18.3. The molecular weight excluding hydrogens is 350 g/mol. The van der Waals surface area contributed by atoms with Crippen LogP contribution in [-0.4, -0.2) is 38.8 Å². The van der Waals surface area contributed by atoms with Crippen molar-refractivity contribution < 1.29 is 27.2 Å². The minimum atomic E-state index is -2.96. The van der Waals surface area contributed by atoms with E-state index in [-0.39, 0.29) is 0 Å². The van der Waals surface area contributed by atoms with E-state index in [9.17, 15) is 9.13 Å². The molecule has 0 spiro atoms. The lowest BCUT2D eigenvalue weighted by atomic mass is 10.3. The van der Waals surface area contributed by atoms with Crippen LogP contribution in [-0.2, 0) is 27.2 Å². The molecule has 0 amide bonds. The fourth-order valence-electron chi connectivity index (χ4n) is 2.04. The largest absolute Gasteiger partial charge is 0.330 e. The quantitative estimate of drug-likeness (QED) is 0.230. The van der Waals surface area contributed by atoms with Gasteiger partial charge in [-0.05, 0) is 39.5 Å². The lowest BCUT2D eigenvalue weighted by molar-refractivity contribution is 0.188. The van der Waals surface area contributed by atoms with Gasteiger partial charge in [0.2, 0.25) is 0 Å². The van der Waals surface area contributed by atoms with Gasteiger partial charge in [-0.1, -0.05) is 26.7 Å². The maximum atomic E-state index is 12.4. The van der Waals surface area contributed by atoms with Crippen molar-refractivity contribution in [3.63, 3.8) is 0 Å². The summed E-state index contributed by atoms with van der Waals surface area (Å²) in [6, 6.07) is 0. The Morgan fingerprint density at radius 2 is 0.958 bits per heavy atom. The highest BCUT2D eigenvalue weighted by atomic mass is 31.2. The first kappa shape index (κ1) is 24.3. The van der Waals surface area contributed by atoms with Crippen LogP contribution in [0, 0.1) is 0 Å². The summed E-state index contributed by atoms with van der Waals surface area (Å²) in [4.78, 5) is 0. The molecule has 0 aromatic carbocycles. The monoisotopic (exact) mass is 386 g/mol. The molecule has 2 atom stereocenters. The van der Waals surface area contributed by atoms with Crippen LogP contribution in [0.15, 0.2) is 0 Å². The first-order valence-electron chi connectivity index (χ1n) is 9.21. The summed E-state index contributed by atoms with van der Waals surface area (Å²) in [6.07, 6.45) is 5.86. The second kappa shape index (κ2) is 14.5. The summed E-state index contributed by atoms with van der Waals surface area (Å²) < 4.78 is 46.5. The van der Waals surface area contributed by atoms with Gasteiger partial charge < -0.3 is 18.1 Å². The van der Waals surface area contributed by atoms with E-state index < -0.39 is 15.2 Å². The molecule has 0 rings (SSSR count). The van der Waals surface area contributed by atoms with E-state index >= 15 is 0 Å². The molecule has 0 saturated heterocycles. The number of unbranched alkanes of at least 4 members (excludes halogenated alkanes) is 3. The molecule has 0 N–H and O–H groups in total. The molecule has 0 fully saturated rings. The fraction of sp³-hybridized carbons (Fsp3) is 1.00. The average molecular weight is 386 g/mol. The predicted octanol–water partition coefficient (Wildman–Crippen LogP) is 5.86. The third-order valence-electron chi connectivity index (χ3n) is 3.34. The van der Waals surface area contributed by atoms with Crippen LogP contribution in [0.25, 0.3) is 0 Å². The molecule has 146 valence electrons. The average Bonchev–Trinajstić information content (AvgIpc) is 2.55. The van der Waals surface area contributed by atoms with Gasteiger partial charge in [-0.2, -0.15) is 0 Å². The van der Waals surface area contributed by atoms with Crippen LogP contribution in [0.5, 0.6) is 0 Å². The first-order chi connectivity index (χ1) is 11.4. The van der Waals surface area contributed by atoms with Crippen LogP contribution in [0.2, 0.25) is 0 Å². The Labute approximate surface area is 148 Å². The molecule has 0 aliphatic rings. The summed E-state index contributed by atoms with van der Waals surface area (Å²) in [5.74, 6) is 0. The van der Waals surface area contributed by atoms with E-state index in [1.54, 1.807) is 0 Å². The highest BCUT2D eigenvalue weighted by Crippen LogP contribution is 2.50. The number of hydrogen-bond acceptors (Lipinski definition) is 6. The van der Waals surface area contributed by atoms with Crippen molar-refractivity contribution >= 4 is 15.2 Å². The summed E-state index contributed by atoms with van der Waals surface area (Å²) in [5.41, 5.74) is 0. The predicted molar refractivity (Wildman–Crippen MR) is 99.2 cm³/mol. The van der Waals surface area contributed by atoms with Gasteiger partial charge in [-0.25, -0.2) is 0 Å². The van der Waals surface area contributed by atoms with Gasteiger partial charge in [0.05, 0.1) is 38.8 Å². The van der Waals surface area contributed by atoms with Gasteiger partial charge in [0, 0.05) is 0 Å². The van der Waals surface area contributed by atoms with Crippen molar-refractivity contribution in [2.45, 2.75) is 66.2 Å². The molecule has 2 unspecified atom stereocenters. The molecule has 24 heavy (non-hydrogen) atoms. The Hall–Kier alpha value is 0.300. The van der Waals surface area contributed by atoms with Gasteiger partial charge in [-0.3, -0.25) is 9.13 Å². The van der Waals surface area contributed by atoms with Gasteiger partial charge in [-0.15, -0.1) is 0 Å². The zero-order valence-electron chi connectivity index (χ0n) is 15.8. The van der Waals surface area contributed by atoms with Gasteiger partial charge in [0.1, 0.15) is 0 Å². The van der Waals surface area contributed by atoms with Crippen LogP contribution >= 0.6 is 15.2 Å². The summed E-state index contributed by atoms with van der Waals surface area (Å²) in [5, 5.41) is 0. The Kier molecular flexibility index (Phi) is 14.6. The molecule has 0 aromatic heterocycles. The molecule has 8 heteroatoms.